The first kappa shape index (κ1) is 27.0. The van der Waals surface area contributed by atoms with Crippen molar-refractivity contribution in [1.82, 2.24) is 19.9 Å². The number of aromatic nitrogens is 4. The number of nitrogens with zero attached hydrogens (tertiary/aromatic N) is 3. The van der Waals surface area contributed by atoms with Crippen molar-refractivity contribution < 1.29 is 45.1 Å². The van der Waals surface area contributed by atoms with Gasteiger partial charge >= 0.3 is 25.7 Å². The second-order valence-corrected chi connectivity index (χ2v) is 7.31. The largest absolute Gasteiger partial charge is 3.00 e. The van der Waals surface area contributed by atoms with E-state index in [1.54, 1.807) is 30.6 Å². The summed E-state index contributed by atoms with van der Waals surface area (Å²) in [4.78, 5) is 16.4. The first-order valence-corrected chi connectivity index (χ1v) is 10.2. The Morgan fingerprint density at radius 3 is 1.80 bits per heavy atom. The van der Waals surface area contributed by atoms with Gasteiger partial charge in [-0.25, -0.2) is 4.98 Å². The average molecular weight is 579 g/mol. The Bertz CT molecular complexity index is 1350. The number of imidazole rings is 1. The van der Waals surface area contributed by atoms with Crippen LogP contribution in [0.4, 0.5) is 13.2 Å². The van der Waals surface area contributed by atoms with Gasteiger partial charge in [0.15, 0.2) is 0 Å². The van der Waals surface area contributed by atoms with Crippen molar-refractivity contribution in [2.75, 3.05) is 0 Å². The molecule has 2 aromatic carbocycles. The summed E-state index contributed by atoms with van der Waals surface area (Å²) in [6.07, 6.45) is 10.9. The first-order chi connectivity index (χ1) is 16.0. The maximum absolute atomic E-state index is 13.4. The van der Waals surface area contributed by atoms with Crippen LogP contribution in [-0.4, -0.2) is 19.9 Å². The van der Waals surface area contributed by atoms with Gasteiger partial charge in [-0.3, -0.25) is 9.97 Å². The second-order valence-electron chi connectivity index (χ2n) is 7.31. The minimum atomic E-state index is -4.47. The summed E-state index contributed by atoms with van der Waals surface area (Å²) in [5, 5.41) is 1.51. The molecule has 0 spiro atoms. The van der Waals surface area contributed by atoms with Crippen molar-refractivity contribution in [2.24, 2.45) is 0 Å². The number of benzene rings is 2. The van der Waals surface area contributed by atoms with E-state index in [1.807, 2.05) is 50.7 Å². The molecule has 1 aliphatic rings. The van der Waals surface area contributed by atoms with Crippen LogP contribution in [0.2, 0.25) is 0 Å². The number of hydrogen-bond acceptors (Lipinski definition) is 3. The Kier molecular flexibility index (Phi) is 8.84. The van der Waals surface area contributed by atoms with Gasteiger partial charge in [0.25, 0.3) is 0 Å². The molecule has 9 heteroatoms. The Hall–Kier alpha value is -2.57. The molecule has 4 nitrogen and oxygen atoms in total. The Morgan fingerprint density at radius 2 is 1.20 bits per heavy atom. The van der Waals surface area contributed by atoms with E-state index in [2.05, 4.69) is 19.9 Å². The first-order valence-electron chi connectivity index (χ1n) is 10.2. The molecule has 3 heterocycles. The number of halogens is 4. The number of fused-ring (bicyclic) bond motifs is 6. The van der Waals surface area contributed by atoms with Crippen LogP contribution in [0.15, 0.2) is 60.9 Å². The van der Waals surface area contributed by atoms with Crippen LogP contribution < -0.4 is 12.4 Å². The molecule has 175 valence electrons. The third-order valence-corrected chi connectivity index (χ3v) is 5.22. The summed E-state index contributed by atoms with van der Waals surface area (Å²) in [6.45, 7) is 0. The minimum absolute atomic E-state index is 0. The van der Waals surface area contributed by atoms with Crippen molar-refractivity contribution >= 4 is 32.8 Å². The number of pyridine rings is 2. The predicted molar refractivity (Wildman–Crippen MR) is 123 cm³/mol. The van der Waals surface area contributed by atoms with Crippen molar-refractivity contribution in [3.63, 3.8) is 0 Å². The normalized spacial score (nSPS) is 13.6. The third kappa shape index (κ3) is 5.49. The summed E-state index contributed by atoms with van der Waals surface area (Å²) in [5.74, 6) is 0.166. The van der Waals surface area contributed by atoms with Crippen LogP contribution in [0.1, 0.15) is 5.56 Å². The molecule has 0 amide bonds. The summed E-state index contributed by atoms with van der Waals surface area (Å²) < 4.78 is 40.3. The van der Waals surface area contributed by atoms with Gasteiger partial charge in [0.05, 0.1) is 27.6 Å². The van der Waals surface area contributed by atoms with Gasteiger partial charge in [-0.05, 0) is 68.9 Å². The van der Waals surface area contributed by atoms with Crippen LogP contribution in [0.5, 0.6) is 0 Å². The zero-order chi connectivity index (χ0) is 22.8. The Labute approximate surface area is 219 Å². The number of H-pyrrole nitrogens is 1. The van der Waals surface area contributed by atoms with Crippen LogP contribution in [0, 0.1) is 38.5 Å². The SMILES string of the molecule is FC(F)(F)c1ccccc1-c1nc2c3cccnc3c3ncccc3c2[nH]1.[CH]1[CH][CH][CH][CH][CH]1.[Cl-].[Ru+3]. The zero-order valence-corrected chi connectivity index (χ0v) is 20.4. The van der Waals surface area contributed by atoms with Crippen molar-refractivity contribution in [1.29, 1.82) is 0 Å². The summed E-state index contributed by atoms with van der Waals surface area (Å²) >= 11 is 0. The average Bonchev–Trinajstić information content (AvgIpc) is 3.31. The van der Waals surface area contributed by atoms with E-state index in [0.29, 0.717) is 22.1 Å². The van der Waals surface area contributed by atoms with E-state index in [1.165, 1.54) is 12.1 Å². The molecule has 0 unspecified atom stereocenters. The van der Waals surface area contributed by atoms with Gasteiger partial charge < -0.3 is 17.4 Å². The smallest absolute Gasteiger partial charge is 1.00 e. The van der Waals surface area contributed by atoms with Gasteiger partial charge in [0, 0.05) is 28.7 Å². The standard InChI is InChI=1S/C20H11F3N4.C6H6.ClH.Ru/c21-20(22,23)14-8-2-1-5-11(14)19-26-17-12-6-3-9-24-15(12)16-13(18(17)27-19)7-4-10-25-16;1-2-4-6-5-3-1;;/h1-10H,(H,26,27);1-6H;1H;/q;;;+3/p-1. The summed E-state index contributed by atoms with van der Waals surface area (Å²) in [5.41, 5.74) is 1.85. The van der Waals surface area contributed by atoms with E-state index in [9.17, 15) is 13.2 Å². The van der Waals surface area contributed by atoms with E-state index in [0.717, 1.165) is 16.8 Å². The van der Waals surface area contributed by atoms with Crippen LogP contribution in [0.3, 0.4) is 0 Å². The zero-order valence-electron chi connectivity index (χ0n) is 17.9. The molecule has 3 aromatic heterocycles. The predicted octanol–water partition coefficient (Wildman–Crippen LogP) is 3.57. The fourth-order valence-electron chi connectivity index (χ4n) is 3.79. The molecule has 5 aromatic rings. The van der Waals surface area contributed by atoms with Crippen molar-refractivity contribution in [3.05, 3.63) is 105 Å². The van der Waals surface area contributed by atoms with E-state index < -0.39 is 11.7 Å². The molecule has 6 rings (SSSR count). The van der Waals surface area contributed by atoms with E-state index in [4.69, 9.17) is 0 Å². The van der Waals surface area contributed by atoms with Gasteiger partial charge in [-0.1, -0.05) is 18.2 Å². The number of nitrogens with one attached hydrogen (secondary N) is 1. The number of hydrogen-bond donors (Lipinski definition) is 1. The summed E-state index contributed by atoms with van der Waals surface area (Å²) in [7, 11) is 0. The molecule has 1 saturated carbocycles. The fraction of sp³-hybridized carbons (Fsp3) is 0.0385. The monoisotopic (exact) mass is 579 g/mol. The molecule has 0 aliphatic heterocycles. The van der Waals surface area contributed by atoms with Gasteiger partial charge in [-0.15, -0.1) is 0 Å². The maximum Gasteiger partial charge on any atom is 3.00 e. The molecular formula is C26H17ClF3N4Ru+2. The molecule has 0 saturated heterocycles. The third-order valence-electron chi connectivity index (χ3n) is 5.22. The topological polar surface area (TPSA) is 54.5 Å². The van der Waals surface area contributed by atoms with Gasteiger partial charge in [0.1, 0.15) is 5.82 Å². The van der Waals surface area contributed by atoms with Crippen LogP contribution in [-0.2, 0) is 25.7 Å². The Morgan fingerprint density at radius 1 is 0.657 bits per heavy atom. The molecule has 0 atom stereocenters. The molecule has 1 aliphatic carbocycles. The van der Waals surface area contributed by atoms with Crippen molar-refractivity contribution in [3.8, 4) is 11.4 Å². The molecule has 1 N–H and O–H groups in total. The second kappa shape index (κ2) is 11.4. The molecular weight excluding hydrogens is 562 g/mol. The van der Waals surface area contributed by atoms with Gasteiger partial charge in [0.2, 0.25) is 0 Å². The number of aromatic amines is 1. The fourth-order valence-corrected chi connectivity index (χ4v) is 3.79. The summed E-state index contributed by atoms with van der Waals surface area (Å²) in [6, 6.07) is 12.7. The maximum atomic E-state index is 13.4. The van der Waals surface area contributed by atoms with E-state index >= 15 is 0 Å². The molecule has 35 heavy (non-hydrogen) atoms. The molecule has 7 radical (unpaired) electrons. The van der Waals surface area contributed by atoms with Crippen LogP contribution >= 0.6 is 0 Å². The quantitative estimate of drug-likeness (QED) is 0.244. The Balaban J connectivity index is 0.000000378. The molecule has 0 bridgehead atoms. The van der Waals surface area contributed by atoms with Crippen LogP contribution in [0.25, 0.3) is 44.2 Å². The van der Waals surface area contributed by atoms with E-state index in [-0.39, 0.29) is 43.3 Å². The van der Waals surface area contributed by atoms with Crippen molar-refractivity contribution in [2.45, 2.75) is 6.18 Å². The number of rotatable bonds is 1. The minimum Gasteiger partial charge on any atom is -1.00 e. The van der Waals surface area contributed by atoms with Gasteiger partial charge in [-0.2, -0.15) is 13.2 Å². The molecule has 1 fully saturated rings. The number of alkyl halides is 3.